The average Bonchev–Trinajstić information content (AvgIpc) is 2.70. The maximum absolute atomic E-state index is 13.0. The van der Waals surface area contributed by atoms with E-state index in [1.54, 1.807) is 31.2 Å². The highest BCUT2D eigenvalue weighted by Gasteiger charge is 2.28. The van der Waals surface area contributed by atoms with Crippen LogP contribution in [0, 0.1) is 0 Å². The molecule has 0 N–H and O–H groups in total. The lowest BCUT2D eigenvalue weighted by Crippen LogP contribution is -2.35. The summed E-state index contributed by atoms with van der Waals surface area (Å²) < 4.78 is 54.2. The molecule has 0 spiro atoms. The van der Waals surface area contributed by atoms with Gasteiger partial charge in [0, 0.05) is 19.6 Å². The van der Waals surface area contributed by atoms with Crippen molar-refractivity contribution >= 4 is 25.7 Å². The molecule has 6 nitrogen and oxygen atoms in total. The maximum Gasteiger partial charge on any atom is 0.264 e. The zero-order valence-electron chi connectivity index (χ0n) is 15.3. The molecule has 0 unspecified atom stereocenters. The summed E-state index contributed by atoms with van der Waals surface area (Å²) in [6, 6.07) is 14.4. The van der Waals surface area contributed by atoms with Crippen LogP contribution in [0.5, 0.6) is 0 Å². The van der Waals surface area contributed by atoms with E-state index < -0.39 is 20.0 Å². The van der Waals surface area contributed by atoms with Crippen LogP contribution in [-0.4, -0.2) is 40.8 Å². The highest BCUT2D eigenvalue weighted by Crippen LogP contribution is 2.26. The van der Waals surface area contributed by atoms with E-state index in [2.05, 4.69) is 0 Å². The van der Waals surface area contributed by atoms with Crippen molar-refractivity contribution < 1.29 is 16.8 Å². The van der Waals surface area contributed by atoms with Gasteiger partial charge >= 0.3 is 0 Å². The Hall–Kier alpha value is -1.90. The number of hydrogen-bond donors (Lipinski definition) is 0. The smallest absolute Gasteiger partial charge is 0.264 e. The van der Waals surface area contributed by atoms with Crippen LogP contribution in [0.25, 0.3) is 0 Å². The largest absolute Gasteiger partial charge is 0.267 e. The number of sulfonamides is 2. The Morgan fingerprint density at radius 2 is 1.37 bits per heavy atom. The summed E-state index contributed by atoms with van der Waals surface area (Å²) in [4.78, 5) is 0.205. The summed E-state index contributed by atoms with van der Waals surface area (Å²) in [5.74, 6) is 0. The third-order valence-corrected chi connectivity index (χ3v) is 8.53. The van der Waals surface area contributed by atoms with Crippen LogP contribution in [0.4, 0.5) is 5.69 Å². The Labute approximate surface area is 161 Å². The quantitative estimate of drug-likeness (QED) is 0.736. The fourth-order valence-corrected chi connectivity index (χ4v) is 6.24. The lowest BCUT2D eigenvalue weighted by molar-refractivity contribution is 0.346. The molecule has 146 valence electrons. The third-order valence-electron chi connectivity index (χ3n) is 4.70. The summed E-state index contributed by atoms with van der Waals surface area (Å²) in [5.41, 5.74) is 0.574. The number of anilines is 1. The van der Waals surface area contributed by atoms with Crippen LogP contribution < -0.4 is 4.31 Å². The summed E-state index contributed by atoms with van der Waals surface area (Å²) in [7, 11) is -7.34. The van der Waals surface area contributed by atoms with Gasteiger partial charge in [0.1, 0.15) is 0 Å². The van der Waals surface area contributed by atoms with Gasteiger partial charge in [-0.2, -0.15) is 4.31 Å². The van der Waals surface area contributed by atoms with E-state index in [4.69, 9.17) is 0 Å². The normalized spacial score (nSPS) is 16.2. The van der Waals surface area contributed by atoms with Gasteiger partial charge in [-0.05, 0) is 56.2 Å². The van der Waals surface area contributed by atoms with Crippen molar-refractivity contribution in [1.29, 1.82) is 0 Å². The molecule has 2 aromatic rings. The zero-order chi connectivity index (χ0) is 19.5. The van der Waals surface area contributed by atoms with Crippen molar-refractivity contribution in [2.24, 2.45) is 0 Å². The summed E-state index contributed by atoms with van der Waals surface area (Å²) in [5, 5.41) is 0. The number of para-hydroxylation sites is 1. The molecule has 0 saturated carbocycles. The number of hydrogen-bond acceptors (Lipinski definition) is 4. The Bertz CT molecular complexity index is 966. The van der Waals surface area contributed by atoms with Gasteiger partial charge < -0.3 is 0 Å². The van der Waals surface area contributed by atoms with Gasteiger partial charge in [0.25, 0.3) is 10.0 Å². The van der Waals surface area contributed by atoms with E-state index in [-0.39, 0.29) is 16.3 Å². The molecular formula is C19H24N2O4S2. The standard InChI is InChI=1S/C19H24N2O4S2/c1-2-21(17-9-5-3-6-10-17)27(24,25)19-13-11-18(12-14-19)26(22,23)20-15-7-4-8-16-20/h3,5-6,9-14H,2,4,7-8,15-16H2,1H3. The number of benzene rings is 2. The van der Waals surface area contributed by atoms with E-state index in [9.17, 15) is 16.8 Å². The Kier molecular flexibility index (Phi) is 5.88. The monoisotopic (exact) mass is 408 g/mol. The molecule has 1 heterocycles. The molecule has 0 bridgehead atoms. The van der Waals surface area contributed by atoms with Crippen LogP contribution in [0.2, 0.25) is 0 Å². The van der Waals surface area contributed by atoms with Crippen LogP contribution in [0.1, 0.15) is 26.2 Å². The minimum atomic E-state index is -3.77. The Morgan fingerprint density at radius 1 is 0.815 bits per heavy atom. The number of rotatable bonds is 6. The minimum absolute atomic E-state index is 0.0748. The van der Waals surface area contributed by atoms with Crippen LogP contribution in [-0.2, 0) is 20.0 Å². The van der Waals surface area contributed by atoms with Gasteiger partial charge in [-0.15, -0.1) is 0 Å². The molecule has 0 radical (unpaired) electrons. The summed E-state index contributed by atoms with van der Waals surface area (Å²) in [6.07, 6.45) is 2.75. The Morgan fingerprint density at radius 3 is 1.93 bits per heavy atom. The molecule has 1 fully saturated rings. The fraction of sp³-hybridized carbons (Fsp3) is 0.368. The minimum Gasteiger partial charge on any atom is -0.267 e. The van der Waals surface area contributed by atoms with Gasteiger partial charge in [0.05, 0.1) is 15.5 Å². The van der Waals surface area contributed by atoms with Crippen molar-refractivity contribution in [1.82, 2.24) is 4.31 Å². The molecule has 0 atom stereocenters. The van der Waals surface area contributed by atoms with Gasteiger partial charge in [-0.25, -0.2) is 16.8 Å². The molecule has 0 aromatic heterocycles. The molecule has 1 aliphatic rings. The highest BCUT2D eigenvalue weighted by atomic mass is 32.2. The van der Waals surface area contributed by atoms with E-state index in [1.165, 1.54) is 32.9 Å². The second-order valence-corrected chi connectivity index (χ2v) is 10.2. The van der Waals surface area contributed by atoms with E-state index in [0.29, 0.717) is 18.8 Å². The van der Waals surface area contributed by atoms with Crippen molar-refractivity contribution in [2.45, 2.75) is 36.0 Å². The van der Waals surface area contributed by atoms with E-state index >= 15 is 0 Å². The van der Waals surface area contributed by atoms with E-state index in [0.717, 1.165) is 19.3 Å². The van der Waals surface area contributed by atoms with Crippen LogP contribution >= 0.6 is 0 Å². The molecule has 2 aromatic carbocycles. The summed E-state index contributed by atoms with van der Waals surface area (Å²) >= 11 is 0. The predicted molar refractivity (Wildman–Crippen MR) is 106 cm³/mol. The maximum atomic E-state index is 13.0. The lowest BCUT2D eigenvalue weighted by Gasteiger charge is -2.26. The first-order chi connectivity index (χ1) is 12.9. The van der Waals surface area contributed by atoms with Crippen molar-refractivity contribution in [2.75, 3.05) is 23.9 Å². The molecule has 0 amide bonds. The zero-order valence-corrected chi connectivity index (χ0v) is 16.9. The lowest BCUT2D eigenvalue weighted by atomic mass is 10.2. The SMILES string of the molecule is CCN(c1ccccc1)S(=O)(=O)c1ccc(S(=O)(=O)N2CCCCC2)cc1. The molecule has 3 rings (SSSR count). The first-order valence-electron chi connectivity index (χ1n) is 9.05. The Balaban J connectivity index is 1.90. The first-order valence-corrected chi connectivity index (χ1v) is 11.9. The molecule has 0 aliphatic carbocycles. The van der Waals surface area contributed by atoms with E-state index in [1.807, 2.05) is 6.07 Å². The third kappa shape index (κ3) is 4.02. The van der Waals surface area contributed by atoms with Gasteiger partial charge in [-0.1, -0.05) is 24.6 Å². The second-order valence-electron chi connectivity index (χ2n) is 6.44. The average molecular weight is 409 g/mol. The topological polar surface area (TPSA) is 74.8 Å². The highest BCUT2D eigenvalue weighted by molar-refractivity contribution is 7.92. The second kappa shape index (κ2) is 8.00. The van der Waals surface area contributed by atoms with Crippen molar-refractivity contribution in [3.05, 3.63) is 54.6 Å². The van der Waals surface area contributed by atoms with Crippen molar-refractivity contribution in [3.8, 4) is 0 Å². The summed E-state index contributed by atoms with van der Waals surface area (Å²) in [6.45, 7) is 3.07. The molecular weight excluding hydrogens is 384 g/mol. The number of nitrogens with zero attached hydrogens (tertiary/aromatic N) is 2. The molecule has 8 heteroatoms. The first kappa shape index (κ1) is 19.9. The van der Waals surface area contributed by atoms with Gasteiger partial charge in [0.2, 0.25) is 10.0 Å². The van der Waals surface area contributed by atoms with Gasteiger partial charge in [0.15, 0.2) is 0 Å². The van der Waals surface area contributed by atoms with Gasteiger partial charge in [-0.3, -0.25) is 4.31 Å². The fourth-order valence-electron chi connectivity index (χ4n) is 3.25. The van der Waals surface area contributed by atoms with Crippen LogP contribution in [0.15, 0.2) is 64.4 Å². The van der Waals surface area contributed by atoms with Crippen LogP contribution in [0.3, 0.4) is 0 Å². The molecule has 1 aliphatic heterocycles. The number of piperidine rings is 1. The molecule has 1 saturated heterocycles. The van der Waals surface area contributed by atoms with Crippen molar-refractivity contribution in [3.63, 3.8) is 0 Å². The molecule has 27 heavy (non-hydrogen) atoms. The predicted octanol–water partition coefficient (Wildman–Crippen LogP) is 3.08.